The first-order valence-corrected chi connectivity index (χ1v) is 14.8. The molecule has 2 aliphatic rings. The maximum Gasteiger partial charge on any atom is 2.00 e. The third-order valence-electron chi connectivity index (χ3n) is 5.86. The van der Waals surface area contributed by atoms with E-state index in [2.05, 4.69) is 173 Å². The van der Waals surface area contributed by atoms with E-state index < -0.39 is 15.8 Å². The fourth-order valence-corrected chi connectivity index (χ4v) is 8.84. The minimum Gasteiger partial charge on any atom is -1.00 e. The first-order chi connectivity index (χ1) is 17.9. The molecule has 2 saturated carbocycles. The molecule has 39 heavy (non-hydrogen) atoms. The molecule has 2 aliphatic carbocycles. The minimum absolute atomic E-state index is 0. The second-order valence-corrected chi connectivity index (χ2v) is 12.7. The molecule has 4 aromatic rings. The van der Waals surface area contributed by atoms with Crippen molar-refractivity contribution < 1.29 is 46.0 Å². The Morgan fingerprint density at radius 3 is 0.744 bits per heavy atom. The fraction of sp³-hybridized carbons (Fsp3) is 0. The molecule has 5 heteroatoms. The topological polar surface area (TPSA) is 0 Å². The van der Waals surface area contributed by atoms with Gasteiger partial charge < -0.3 is 12.4 Å². The average Bonchev–Trinajstić information content (AvgIpc) is 3.68. The van der Waals surface area contributed by atoms with Crippen molar-refractivity contribution in [2.45, 2.75) is 0 Å². The molecule has 0 amide bonds. The smallest absolute Gasteiger partial charge is 1.00 e. The first kappa shape index (κ1) is 34.2. The second kappa shape index (κ2) is 18.5. The Balaban J connectivity index is 0.000000254. The molecule has 6 rings (SSSR count). The first-order valence-electron chi connectivity index (χ1n) is 12.1. The molecule has 0 saturated heterocycles. The van der Waals surface area contributed by atoms with Gasteiger partial charge in [-0.1, -0.05) is 121 Å². The standard InChI is InChI=1S/2C17H14P.ClH.Fe.Ni/c2*1-3-9-15(10-4-1)18(17-13-7-8-14-17)16-11-5-2-6-12-16;;;/h2*1-14H;1H;;/q;;;2*+2/p-1. The number of benzene rings is 4. The van der Waals surface area contributed by atoms with E-state index in [4.69, 9.17) is 0 Å². The van der Waals surface area contributed by atoms with Gasteiger partial charge in [0.2, 0.25) is 0 Å². The van der Waals surface area contributed by atoms with Gasteiger partial charge in [0.15, 0.2) is 0 Å². The number of hydrogen-bond acceptors (Lipinski definition) is 0. The molecule has 0 N–H and O–H groups in total. The van der Waals surface area contributed by atoms with Crippen LogP contribution in [-0.2, 0) is 33.6 Å². The Bertz CT molecular complexity index is 979. The molecule has 0 heterocycles. The van der Waals surface area contributed by atoms with Crippen LogP contribution < -0.4 is 33.6 Å². The van der Waals surface area contributed by atoms with Gasteiger partial charge in [-0.2, -0.15) is 0 Å². The molecular formula is C34H28ClFeNiP2+3. The maximum absolute atomic E-state index is 2.23. The van der Waals surface area contributed by atoms with Crippen molar-refractivity contribution in [1.82, 2.24) is 0 Å². The molecule has 196 valence electrons. The van der Waals surface area contributed by atoms with Gasteiger partial charge >= 0.3 is 33.6 Å². The fourth-order valence-electron chi connectivity index (χ4n) is 4.23. The van der Waals surface area contributed by atoms with Crippen molar-refractivity contribution in [3.8, 4) is 0 Å². The normalized spacial score (nSPS) is 15.0. The van der Waals surface area contributed by atoms with E-state index >= 15 is 0 Å². The average molecular weight is 649 g/mol. The van der Waals surface area contributed by atoms with Crippen LogP contribution >= 0.6 is 15.8 Å². The summed E-state index contributed by atoms with van der Waals surface area (Å²) in [7, 11) is -0.818. The van der Waals surface area contributed by atoms with Crippen LogP contribution in [0.15, 0.2) is 121 Å². The molecule has 10 radical (unpaired) electrons. The van der Waals surface area contributed by atoms with Gasteiger partial charge in [0.25, 0.3) is 0 Å². The Kier molecular flexibility index (Phi) is 16.2. The van der Waals surface area contributed by atoms with Gasteiger partial charge in [-0.05, 0) is 88.4 Å². The van der Waals surface area contributed by atoms with E-state index in [0.29, 0.717) is 0 Å². The van der Waals surface area contributed by atoms with E-state index in [1.165, 1.54) is 32.5 Å². The van der Waals surface area contributed by atoms with E-state index in [1.807, 2.05) is 0 Å². The Morgan fingerprint density at radius 2 is 0.538 bits per heavy atom. The van der Waals surface area contributed by atoms with Crippen LogP contribution in [-0.4, -0.2) is 0 Å². The zero-order valence-electron chi connectivity index (χ0n) is 21.1. The van der Waals surface area contributed by atoms with Gasteiger partial charge in [-0.15, -0.1) is 0 Å². The summed E-state index contributed by atoms with van der Waals surface area (Å²) in [5.74, 6) is 0. The maximum atomic E-state index is 2.23. The predicted molar refractivity (Wildman–Crippen MR) is 159 cm³/mol. The van der Waals surface area contributed by atoms with E-state index in [9.17, 15) is 0 Å². The zero-order valence-corrected chi connectivity index (χ0v) is 25.7. The van der Waals surface area contributed by atoms with Crippen molar-refractivity contribution in [3.05, 3.63) is 184 Å². The van der Waals surface area contributed by atoms with Gasteiger partial charge in [0, 0.05) is 11.3 Å². The molecular weight excluding hydrogens is 620 g/mol. The van der Waals surface area contributed by atoms with Crippen LogP contribution in [0.5, 0.6) is 0 Å². The van der Waals surface area contributed by atoms with Crippen LogP contribution in [0.3, 0.4) is 0 Å². The summed E-state index contributed by atoms with van der Waals surface area (Å²) in [6.45, 7) is 0. The largest absolute Gasteiger partial charge is 2.00 e. The van der Waals surface area contributed by atoms with Crippen molar-refractivity contribution in [1.29, 1.82) is 0 Å². The number of halogens is 1. The molecule has 0 atom stereocenters. The van der Waals surface area contributed by atoms with E-state index in [-0.39, 0.29) is 46.0 Å². The summed E-state index contributed by atoms with van der Waals surface area (Å²) >= 11 is 0. The molecule has 0 aromatic heterocycles. The van der Waals surface area contributed by atoms with Crippen molar-refractivity contribution in [2.24, 2.45) is 0 Å². The van der Waals surface area contributed by atoms with Crippen LogP contribution in [0.25, 0.3) is 0 Å². The summed E-state index contributed by atoms with van der Waals surface area (Å²) in [6, 6.07) is 43.1. The molecule has 4 aromatic carbocycles. The summed E-state index contributed by atoms with van der Waals surface area (Å²) in [4.78, 5) is 0. The van der Waals surface area contributed by atoms with Crippen LogP contribution in [0.1, 0.15) is 0 Å². The van der Waals surface area contributed by atoms with Gasteiger partial charge in [0.05, 0.1) is 0 Å². The Morgan fingerprint density at radius 1 is 0.333 bits per heavy atom. The van der Waals surface area contributed by atoms with Crippen LogP contribution in [0, 0.1) is 62.7 Å². The zero-order chi connectivity index (χ0) is 24.4. The summed E-state index contributed by atoms with van der Waals surface area (Å²) in [5.41, 5.74) is 2.84. The Labute approximate surface area is 265 Å². The molecule has 0 bridgehead atoms. The SMILES string of the molecule is [CH]1[CH][CH][C](P(c2ccccc2)c2ccccc2)[CH]1.[CH]1[CH][CH][C](P(c2ccccc2)c2ccccc2)[CH]1.[Cl-].[Fe+2].[Ni+2]. The molecule has 2 fully saturated rings. The monoisotopic (exact) mass is 647 g/mol. The Hall–Kier alpha value is -0.957. The van der Waals surface area contributed by atoms with Gasteiger partial charge in [-0.3, -0.25) is 0 Å². The molecule has 0 aliphatic heterocycles. The van der Waals surface area contributed by atoms with E-state index in [0.717, 1.165) is 0 Å². The quantitative estimate of drug-likeness (QED) is 0.220. The predicted octanol–water partition coefficient (Wildman–Crippen LogP) is 3.96. The van der Waals surface area contributed by atoms with E-state index in [1.54, 1.807) is 0 Å². The van der Waals surface area contributed by atoms with Crippen molar-refractivity contribution in [2.75, 3.05) is 0 Å². The second-order valence-electron chi connectivity index (χ2n) is 8.30. The summed E-state index contributed by atoms with van der Waals surface area (Å²) in [5, 5.41) is 5.63. The summed E-state index contributed by atoms with van der Waals surface area (Å²) < 4.78 is 0. The number of rotatable bonds is 6. The summed E-state index contributed by atoms with van der Waals surface area (Å²) in [6.07, 6.45) is 17.4. The van der Waals surface area contributed by atoms with Crippen LogP contribution in [0.2, 0.25) is 0 Å². The van der Waals surface area contributed by atoms with Gasteiger partial charge in [-0.25, -0.2) is 0 Å². The third kappa shape index (κ3) is 9.54. The molecule has 0 spiro atoms. The molecule has 0 unspecified atom stereocenters. The third-order valence-corrected chi connectivity index (χ3v) is 10.8. The van der Waals surface area contributed by atoms with Crippen LogP contribution in [0.4, 0.5) is 0 Å². The van der Waals surface area contributed by atoms with Gasteiger partial charge in [0.1, 0.15) is 0 Å². The minimum atomic E-state index is -0.409. The number of hydrogen-bond donors (Lipinski definition) is 0. The van der Waals surface area contributed by atoms with Crippen molar-refractivity contribution in [3.63, 3.8) is 0 Å². The molecule has 0 nitrogen and oxygen atoms in total. The van der Waals surface area contributed by atoms with Crippen molar-refractivity contribution >= 4 is 37.1 Å².